The van der Waals surface area contributed by atoms with Gasteiger partial charge in [0.15, 0.2) is 21.1 Å². The third-order valence-electron chi connectivity index (χ3n) is 3.87. The summed E-state index contributed by atoms with van der Waals surface area (Å²) in [5.74, 6) is -2.86. The first-order valence-electron chi connectivity index (χ1n) is 8.08. The molecule has 0 fully saturated rings. The van der Waals surface area contributed by atoms with Crippen molar-refractivity contribution in [3.05, 3.63) is 53.2 Å². The van der Waals surface area contributed by atoms with Crippen molar-refractivity contribution in [2.24, 2.45) is 0 Å². The highest BCUT2D eigenvalue weighted by Crippen LogP contribution is 2.31. The average Bonchev–Trinajstić information content (AvgIpc) is 2.60. The molecule has 0 spiro atoms. The van der Waals surface area contributed by atoms with E-state index >= 15 is 0 Å². The molecule has 2 N–H and O–H groups in total. The minimum atomic E-state index is -4.94. The Balaban J connectivity index is 2.25. The number of aliphatic hydroxyl groups is 1. The SMILES string of the molecule is Cc1ccc(S(=O)(=O)C[C@](C)(O)C(=O)Nc2ccc(C#N)c(C(F)(F)F)n2)cc1. The highest BCUT2D eigenvalue weighted by Gasteiger charge is 2.38. The fourth-order valence-electron chi connectivity index (χ4n) is 2.35. The van der Waals surface area contributed by atoms with Crippen molar-refractivity contribution in [2.45, 2.75) is 30.5 Å². The van der Waals surface area contributed by atoms with Gasteiger partial charge in [-0.05, 0) is 38.1 Å². The number of nitriles is 1. The summed E-state index contributed by atoms with van der Waals surface area (Å²) < 4.78 is 63.8. The van der Waals surface area contributed by atoms with Gasteiger partial charge < -0.3 is 10.4 Å². The van der Waals surface area contributed by atoms with Crippen LogP contribution in [0.3, 0.4) is 0 Å². The van der Waals surface area contributed by atoms with Gasteiger partial charge in [0.2, 0.25) is 0 Å². The number of carbonyl (C=O) groups excluding carboxylic acids is 1. The van der Waals surface area contributed by atoms with Crippen LogP contribution in [-0.4, -0.2) is 35.8 Å². The Labute approximate surface area is 164 Å². The summed E-state index contributed by atoms with van der Waals surface area (Å²) in [4.78, 5) is 15.4. The molecule has 1 aromatic carbocycles. The molecule has 1 atom stereocenters. The molecule has 0 saturated carbocycles. The molecule has 29 heavy (non-hydrogen) atoms. The zero-order valence-corrected chi connectivity index (χ0v) is 16.1. The molecule has 0 bridgehead atoms. The smallest absolute Gasteiger partial charge is 0.379 e. The van der Waals surface area contributed by atoms with Crippen molar-refractivity contribution in [2.75, 3.05) is 11.1 Å². The van der Waals surface area contributed by atoms with E-state index in [1.807, 2.05) is 5.32 Å². The number of rotatable bonds is 5. The first kappa shape index (κ1) is 22.3. The topological polar surface area (TPSA) is 120 Å². The molecule has 0 saturated heterocycles. The molecule has 0 unspecified atom stereocenters. The maximum atomic E-state index is 13.0. The Morgan fingerprint density at radius 3 is 2.31 bits per heavy atom. The summed E-state index contributed by atoms with van der Waals surface area (Å²) in [6.45, 7) is 2.67. The van der Waals surface area contributed by atoms with Gasteiger partial charge in [0, 0.05) is 0 Å². The molecule has 1 amide bonds. The number of halogens is 3. The van der Waals surface area contributed by atoms with E-state index in [0.717, 1.165) is 24.6 Å². The van der Waals surface area contributed by atoms with Crippen LogP contribution in [-0.2, 0) is 20.8 Å². The number of hydrogen-bond acceptors (Lipinski definition) is 6. The van der Waals surface area contributed by atoms with E-state index < -0.39 is 50.3 Å². The Hall–Kier alpha value is -2.97. The zero-order chi connectivity index (χ0) is 22.0. The first-order chi connectivity index (χ1) is 13.3. The maximum absolute atomic E-state index is 13.0. The molecule has 1 heterocycles. The predicted octanol–water partition coefficient (Wildman–Crippen LogP) is 2.44. The number of anilines is 1. The minimum absolute atomic E-state index is 0.118. The van der Waals surface area contributed by atoms with Crippen molar-refractivity contribution < 1.29 is 31.5 Å². The number of nitrogens with one attached hydrogen (secondary N) is 1. The van der Waals surface area contributed by atoms with Crippen LogP contribution < -0.4 is 5.32 Å². The monoisotopic (exact) mass is 427 g/mol. The maximum Gasteiger partial charge on any atom is 0.434 e. The van der Waals surface area contributed by atoms with E-state index in [9.17, 15) is 31.5 Å². The highest BCUT2D eigenvalue weighted by molar-refractivity contribution is 7.91. The number of aryl methyl sites for hydroxylation is 1. The fourth-order valence-corrected chi connectivity index (χ4v) is 3.94. The molecule has 0 radical (unpaired) electrons. The van der Waals surface area contributed by atoms with E-state index in [4.69, 9.17) is 5.26 Å². The lowest BCUT2D eigenvalue weighted by Crippen LogP contribution is -2.46. The van der Waals surface area contributed by atoms with E-state index in [0.29, 0.717) is 0 Å². The summed E-state index contributed by atoms with van der Waals surface area (Å²) >= 11 is 0. The largest absolute Gasteiger partial charge is 0.434 e. The van der Waals surface area contributed by atoms with Crippen LogP contribution in [0.2, 0.25) is 0 Å². The number of sulfone groups is 1. The van der Waals surface area contributed by atoms with Crippen LogP contribution in [0.5, 0.6) is 0 Å². The summed E-state index contributed by atoms with van der Waals surface area (Å²) in [6, 6.07) is 8.81. The Bertz CT molecular complexity index is 1070. The summed E-state index contributed by atoms with van der Waals surface area (Å²) in [5, 5.41) is 21.0. The number of pyridine rings is 1. The van der Waals surface area contributed by atoms with Crippen molar-refractivity contribution in [3.63, 3.8) is 0 Å². The standard InChI is InChI=1S/C18H16F3N3O4S/c1-11-3-6-13(7-4-11)29(27,28)10-17(2,26)16(25)24-14-8-5-12(9-22)15(23-14)18(19,20)21/h3-8,26H,10H2,1-2H3,(H,23,24,25)/t17-/m0/s1. The van der Waals surface area contributed by atoms with Gasteiger partial charge in [0.1, 0.15) is 11.9 Å². The summed E-state index contributed by atoms with van der Waals surface area (Å²) in [5.41, 5.74) is -3.91. The van der Waals surface area contributed by atoms with Gasteiger partial charge in [0.25, 0.3) is 5.91 Å². The molecular formula is C18H16F3N3O4S. The molecule has 1 aromatic heterocycles. The Morgan fingerprint density at radius 1 is 1.21 bits per heavy atom. The second-order valence-electron chi connectivity index (χ2n) is 6.50. The van der Waals surface area contributed by atoms with Crippen molar-refractivity contribution in [1.82, 2.24) is 4.98 Å². The molecular weight excluding hydrogens is 411 g/mol. The van der Waals surface area contributed by atoms with Gasteiger partial charge in [-0.3, -0.25) is 4.79 Å². The van der Waals surface area contributed by atoms with Crippen LogP contribution in [0.4, 0.5) is 19.0 Å². The molecule has 2 aromatic rings. The third-order valence-corrected chi connectivity index (χ3v) is 5.80. The van der Waals surface area contributed by atoms with Gasteiger partial charge in [0.05, 0.1) is 16.2 Å². The predicted molar refractivity (Wildman–Crippen MR) is 96.4 cm³/mol. The first-order valence-corrected chi connectivity index (χ1v) is 9.73. The van der Waals surface area contributed by atoms with Crippen LogP contribution in [0.1, 0.15) is 23.7 Å². The number of nitrogens with zero attached hydrogens (tertiary/aromatic N) is 2. The summed E-state index contributed by atoms with van der Waals surface area (Å²) in [6.07, 6.45) is -4.94. The van der Waals surface area contributed by atoms with Crippen LogP contribution in [0.25, 0.3) is 0 Å². The van der Waals surface area contributed by atoms with Gasteiger partial charge in [-0.1, -0.05) is 17.7 Å². The normalized spacial score (nSPS) is 14.0. The van der Waals surface area contributed by atoms with Crippen molar-refractivity contribution >= 4 is 21.6 Å². The van der Waals surface area contributed by atoms with E-state index in [1.165, 1.54) is 18.2 Å². The number of amides is 1. The Morgan fingerprint density at radius 2 is 1.79 bits per heavy atom. The molecule has 0 aliphatic carbocycles. The second-order valence-corrected chi connectivity index (χ2v) is 8.49. The second kappa shape index (κ2) is 7.81. The highest BCUT2D eigenvalue weighted by atomic mass is 32.2. The van der Waals surface area contributed by atoms with Crippen LogP contribution >= 0.6 is 0 Å². The molecule has 154 valence electrons. The summed E-state index contributed by atoms with van der Waals surface area (Å²) in [7, 11) is -4.07. The van der Waals surface area contributed by atoms with E-state index in [1.54, 1.807) is 19.1 Å². The van der Waals surface area contributed by atoms with Crippen LogP contribution in [0, 0.1) is 18.3 Å². The average molecular weight is 427 g/mol. The van der Waals surface area contributed by atoms with E-state index in [2.05, 4.69) is 4.98 Å². The lowest BCUT2D eigenvalue weighted by Gasteiger charge is -2.22. The molecule has 0 aliphatic heterocycles. The molecule has 2 rings (SSSR count). The van der Waals surface area contributed by atoms with Gasteiger partial charge >= 0.3 is 6.18 Å². The number of hydrogen-bond donors (Lipinski definition) is 2. The lowest BCUT2D eigenvalue weighted by molar-refractivity contribution is -0.141. The van der Waals surface area contributed by atoms with Gasteiger partial charge in [-0.15, -0.1) is 0 Å². The third kappa shape index (κ3) is 5.30. The van der Waals surface area contributed by atoms with Crippen molar-refractivity contribution in [1.29, 1.82) is 5.26 Å². The molecule has 11 heteroatoms. The Kier molecular flexibility index (Phi) is 6.01. The van der Waals surface area contributed by atoms with Gasteiger partial charge in [-0.2, -0.15) is 18.4 Å². The number of aromatic nitrogens is 1. The quantitative estimate of drug-likeness (QED) is 0.756. The fraction of sp³-hybridized carbons (Fsp3) is 0.278. The minimum Gasteiger partial charge on any atom is -0.379 e. The number of benzene rings is 1. The number of alkyl halides is 3. The van der Waals surface area contributed by atoms with Crippen LogP contribution in [0.15, 0.2) is 41.3 Å². The lowest BCUT2D eigenvalue weighted by atomic mass is 10.1. The molecule has 7 nitrogen and oxygen atoms in total. The molecule has 0 aliphatic rings. The zero-order valence-electron chi connectivity index (χ0n) is 15.3. The van der Waals surface area contributed by atoms with Crippen molar-refractivity contribution in [3.8, 4) is 6.07 Å². The van der Waals surface area contributed by atoms with E-state index in [-0.39, 0.29) is 4.90 Å². The van der Waals surface area contributed by atoms with Gasteiger partial charge in [-0.25, -0.2) is 13.4 Å². The number of carbonyl (C=O) groups is 1.